The van der Waals surface area contributed by atoms with Crippen molar-refractivity contribution >= 4 is 23.2 Å². The number of nitrogens with zero attached hydrogens (tertiary/aromatic N) is 1. The van der Waals surface area contributed by atoms with E-state index >= 15 is 0 Å². The van der Waals surface area contributed by atoms with Crippen LogP contribution in [0.4, 0.5) is 5.82 Å². The fourth-order valence-electron chi connectivity index (χ4n) is 2.04. The van der Waals surface area contributed by atoms with Crippen LogP contribution in [-0.2, 0) is 0 Å². The van der Waals surface area contributed by atoms with Crippen molar-refractivity contribution in [3.63, 3.8) is 0 Å². The molecule has 0 fully saturated rings. The molecule has 17 heavy (non-hydrogen) atoms. The number of anilines is 1. The normalized spacial score (nSPS) is 15.5. The smallest absolute Gasteiger partial charge is 0.170 e. The predicted molar refractivity (Wildman–Crippen MR) is 69.2 cm³/mol. The van der Waals surface area contributed by atoms with Crippen molar-refractivity contribution in [3.05, 3.63) is 34.5 Å². The monoisotopic (exact) mass is 250 g/mol. The predicted octanol–water partition coefficient (Wildman–Crippen LogP) is 3.39. The summed E-state index contributed by atoms with van der Waals surface area (Å²) in [5.41, 5.74) is 7.33. The number of halogens is 1. The molecule has 0 unspecified atom stereocenters. The average Bonchev–Trinajstić information content (AvgIpc) is 2.33. The van der Waals surface area contributed by atoms with Crippen molar-refractivity contribution in [2.75, 3.05) is 5.73 Å². The maximum absolute atomic E-state index is 12.1. The van der Waals surface area contributed by atoms with E-state index in [-0.39, 0.29) is 11.6 Å². The van der Waals surface area contributed by atoms with E-state index in [1.807, 2.05) is 0 Å². The third-order valence-corrected chi connectivity index (χ3v) is 3.16. The minimum Gasteiger partial charge on any atom is -0.383 e. The molecule has 4 heteroatoms. The number of hydrogen-bond acceptors (Lipinski definition) is 3. The van der Waals surface area contributed by atoms with Crippen LogP contribution >= 0.6 is 11.6 Å². The maximum Gasteiger partial charge on any atom is 0.170 e. The lowest BCUT2D eigenvalue weighted by Crippen LogP contribution is -2.07. The molecule has 0 aliphatic heterocycles. The SMILES string of the molecule is Nc1ncc(Cl)cc1C(=O)CC1=CCCCC1. The zero-order chi connectivity index (χ0) is 12.3. The highest BCUT2D eigenvalue weighted by molar-refractivity contribution is 6.31. The van der Waals surface area contributed by atoms with Gasteiger partial charge in [-0.15, -0.1) is 0 Å². The standard InChI is InChI=1S/C13H15ClN2O/c14-10-7-11(13(15)16-8-10)12(17)6-9-4-2-1-3-5-9/h4,7-8H,1-3,5-6H2,(H2,15,16). The van der Waals surface area contributed by atoms with Gasteiger partial charge >= 0.3 is 0 Å². The Hall–Kier alpha value is -1.35. The molecule has 2 N–H and O–H groups in total. The van der Waals surface area contributed by atoms with Crippen LogP contribution < -0.4 is 5.73 Å². The molecule has 1 aliphatic carbocycles. The molecule has 0 saturated carbocycles. The van der Waals surface area contributed by atoms with Crippen molar-refractivity contribution in [1.82, 2.24) is 4.98 Å². The van der Waals surface area contributed by atoms with Crippen molar-refractivity contribution in [1.29, 1.82) is 0 Å². The van der Waals surface area contributed by atoms with Gasteiger partial charge < -0.3 is 5.73 Å². The summed E-state index contributed by atoms with van der Waals surface area (Å²) >= 11 is 5.82. The molecular formula is C13H15ClN2O. The highest BCUT2D eigenvalue weighted by atomic mass is 35.5. The van der Waals surface area contributed by atoms with E-state index in [4.69, 9.17) is 17.3 Å². The Bertz CT molecular complexity index is 468. The fourth-order valence-corrected chi connectivity index (χ4v) is 2.20. The molecule has 0 saturated heterocycles. The van der Waals surface area contributed by atoms with E-state index in [9.17, 15) is 4.79 Å². The first-order valence-corrected chi connectivity index (χ1v) is 6.17. The van der Waals surface area contributed by atoms with Gasteiger partial charge in [-0.2, -0.15) is 0 Å². The number of nitrogens with two attached hydrogens (primary N) is 1. The Kier molecular flexibility index (Phi) is 3.79. The van der Waals surface area contributed by atoms with Crippen LogP contribution in [0.25, 0.3) is 0 Å². The van der Waals surface area contributed by atoms with Gasteiger partial charge in [-0.05, 0) is 31.7 Å². The number of nitrogen functional groups attached to an aromatic ring is 1. The molecule has 0 amide bonds. The van der Waals surface area contributed by atoms with E-state index in [1.54, 1.807) is 6.07 Å². The lowest BCUT2D eigenvalue weighted by Gasteiger charge is -2.12. The minimum absolute atomic E-state index is 0.00523. The molecule has 90 valence electrons. The molecule has 3 nitrogen and oxygen atoms in total. The molecule has 0 aromatic carbocycles. The Morgan fingerprint density at radius 2 is 2.29 bits per heavy atom. The number of Topliss-reactive ketones (excluding diaryl/α,β-unsaturated/α-hetero) is 1. The molecule has 0 bridgehead atoms. The number of carbonyl (C=O) groups excluding carboxylic acids is 1. The van der Waals surface area contributed by atoms with Gasteiger partial charge in [-0.3, -0.25) is 4.79 Å². The first kappa shape index (κ1) is 12.1. The number of hydrogen-bond donors (Lipinski definition) is 1. The molecule has 1 aliphatic rings. The first-order valence-electron chi connectivity index (χ1n) is 5.79. The van der Waals surface area contributed by atoms with E-state index in [0.717, 1.165) is 12.8 Å². The Morgan fingerprint density at radius 1 is 1.47 bits per heavy atom. The maximum atomic E-state index is 12.1. The number of allylic oxidation sites excluding steroid dienone is 2. The van der Waals surface area contributed by atoms with E-state index in [1.165, 1.54) is 24.6 Å². The third kappa shape index (κ3) is 3.07. The number of carbonyl (C=O) groups is 1. The van der Waals surface area contributed by atoms with Crippen LogP contribution in [0.1, 0.15) is 42.5 Å². The van der Waals surface area contributed by atoms with Gasteiger partial charge in [0.2, 0.25) is 0 Å². The summed E-state index contributed by atoms with van der Waals surface area (Å²) in [6.45, 7) is 0. The third-order valence-electron chi connectivity index (χ3n) is 2.96. The number of rotatable bonds is 3. The van der Waals surface area contributed by atoms with Crippen LogP contribution in [-0.4, -0.2) is 10.8 Å². The van der Waals surface area contributed by atoms with E-state index in [2.05, 4.69) is 11.1 Å². The van der Waals surface area contributed by atoms with Gasteiger partial charge in [0, 0.05) is 12.6 Å². The van der Waals surface area contributed by atoms with Gasteiger partial charge in [0.1, 0.15) is 5.82 Å². The topological polar surface area (TPSA) is 56.0 Å². The molecular weight excluding hydrogens is 236 g/mol. The Labute approximate surface area is 106 Å². The lowest BCUT2D eigenvalue weighted by molar-refractivity contribution is 0.0992. The Balaban J connectivity index is 2.14. The van der Waals surface area contributed by atoms with Crippen molar-refractivity contribution in [2.24, 2.45) is 0 Å². The van der Waals surface area contributed by atoms with Gasteiger partial charge in [0.25, 0.3) is 0 Å². The van der Waals surface area contributed by atoms with Crippen LogP contribution in [0.5, 0.6) is 0 Å². The second kappa shape index (κ2) is 5.32. The van der Waals surface area contributed by atoms with E-state index in [0.29, 0.717) is 17.0 Å². The number of aromatic nitrogens is 1. The summed E-state index contributed by atoms with van der Waals surface area (Å²) in [6, 6.07) is 1.59. The zero-order valence-electron chi connectivity index (χ0n) is 9.58. The van der Waals surface area contributed by atoms with Gasteiger partial charge in [-0.1, -0.05) is 23.3 Å². The largest absolute Gasteiger partial charge is 0.383 e. The highest BCUT2D eigenvalue weighted by Crippen LogP contribution is 2.24. The summed E-state index contributed by atoms with van der Waals surface area (Å²) in [4.78, 5) is 16.0. The molecule has 0 spiro atoms. The fraction of sp³-hybridized carbons (Fsp3) is 0.385. The number of ketones is 1. The molecule has 0 atom stereocenters. The van der Waals surface area contributed by atoms with Crippen LogP contribution in [0.15, 0.2) is 23.9 Å². The molecule has 1 heterocycles. The van der Waals surface area contributed by atoms with Gasteiger partial charge in [0.15, 0.2) is 5.78 Å². The van der Waals surface area contributed by atoms with Crippen LogP contribution in [0.2, 0.25) is 5.02 Å². The summed E-state index contributed by atoms with van der Waals surface area (Å²) in [5.74, 6) is 0.265. The molecule has 1 aromatic heterocycles. The minimum atomic E-state index is 0.00523. The number of pyridine rings is 1. The van der Waals surface area contributed by atoms with Crippen molar-refractivity contribution < 1.29 is 4.79 Å². The van der Waals surface area contributed by atoms with Crippen molar-refractivity contribution in [2.45, 2.75) is 32.1 Å². The summed E-state index contributed by atoms with van der Waals surface area (Å²) in [7, 11) is 0. The Morgan fingerprint density at radius 3 is 3.00 bits per heavy atom. The van der Waals surface area contributed by atoms with Gasteiger partial charge in [0.05, 0.1) is 10.6 Å². The second-order valence-corrected chi connectivity index (χ2v) is 4.73. The first-order chi connectivity index (χ1) is 8.16. The van der Waals surface area contributed by atoms with Gasteiger partial charge in [-0.25, -0.2) is 4.98 Å². The summed E-state index contributed by atoms with van der Waals surface area (Å²) in [5, 5.41) is 0.445. The molecule has 2 rings (SSSR count). The summed E-state index contributed by atoms with van der Waals surface area (Å²) in [6.07, 6.45) is 8.53. The van der Waals surface area contributed by atoms with E-state index < -0.39 is 0 Å². The highest BCUT2D eigenvalue weighted by Gasteiger charge is 2.14. The molecule has 0 radical (unpaired) electrons. The lowest BCUT2D eigenvalue weighted by atomic mass is 9.94. The average molecular weight is 251 g/mol. The van der Waals surface area contributed by atoms with Crippen molar-refractivity contribution in [3.8, 4) is 0 Å². The van der Waals surface area contributed by atoms with Crippen LogP contribution in [0, 0.1) is 0 Å². The summed E-state index contributed by atoms with van der Waals surface area (Å²) < 4.78 is 0. The molecule has 1 aromatic rings. The van der Waals surface area contributed by atoms with Crippen LogP contribution in [0.3, 0.4) is 0 Å². The quantitative estimate of drug-likeness (QED) is 0.661. The second-order valence-electron chi connectivity index (χ2n) is 4.29. The zero-order valence-corrected chi connectivity index (χ0v) is 10.3.